The lowest BCUT2D eigenvalue weighted by Gasteiger charge is -2.07. The third-order valence-corrected chi connectivity index (χ3v) is 3.41. The molecule has 3 N–H and O–H groups in total. The van der Waals surface area contributed by atoms with Crippen molar-refractivity contribution in [1.29, 1.82) is 0 Å². The topological polar surface area (TPSA) is 63.3 Å². The molecular weight excluding hydrogens is 302 g/mol. The van der Waals surface area contributed by atoms with Gasteiger partial charge >= 0.3 is 0 Å². The number of benzene rings is 1. The smallest absolute Gasteiger partial charge is 0.250 e. The molecule has 0 aromatic heterocycles. The molecule has 1 rings (SSSR count). The Morgan fingerprint density at radius 3 is 2.46 bits per heavy atom. The van der Waals surface area contributed by atoms with Crippen LogP contribution in [0, 0.1) is 0 Å². The van der Waals surface area contributed by atoms with Crippen molar-refractivity contribution >= 4 is 37.8 Å². The van der Waals surface area contributed by atoms with E-state index in [1.54, 1.807) is 18.2 Å². The van der Waals surface area contributed by atoms with Crippen LogP contribution in [0.25, 0.3) is 0 Å². The van der Waals surface area contributed by atoms with E-state index < -0.39 is 12.0 Å². The van der Waals surface area contributed by atoms with Crippen LogP contribution in [0.5, 0.6) is 0 Å². The normalized spacial score (nSPS) is 12.5. The molecule has 0 saturated heterocycles. The van der Waals surface area contributed by atoms with Crippen LogP contribution < -0.4 is 5.73 Å². The van der Waals surface area contributed by atoms with E-state index in [2.05, 4.69) is 31.9 Å². The van der Waals surface area contributed by atoms with E-state index >= 15 is 0 Å². The van der Waals surface area contributed by atoms with E-state index in [0.717, 1.165) is 8.95 Å². The SMILES string of the molecule is NC(=O)C(O)c1ccc(Br)c(Br)c1. The maximum atomic E-state index is 10.6. The van der Waals surface area contributed by atoms with Crippen LogP contribution in [0.1, 0.15) is 11.7 Å². The predicted octanol–water partition coefficient (Wildman–Crippen LogP) is 1.73. The second-order valence-corrected chi connectivity index (χ2v) is 4.19. The Morgan fingerprint density at radius 2 is 2.00 bits per heavy atom. The number of hydrogen-bond acceptors (Lipinski definition) is 2. The second-order valence-electron chi connectivity index (χ2n) is 2.48. The average Bonchev–Trinajstić information content (AvgIpc) is 2.08. The fourth-order valence-corrected chi connectivity index (χ4v) is 1.49. The van der Waals surface area contributed by atoms with E-state index in [0.29, 0.717) is 5.56 Å². The third kappa shape index (κ3) is 2.52. The van der Waals surface area contributed by atoms with Crippen molar-refractivity contribution in [3.05, 3.63) is 32.7 Å². The van der Waals surface area contributed by atoms with Gasteiger partial charge in [-0.25, -0.2) is 0 Å². The van der Waals surface area contributed by atoms with Gasteiger partial charge in [-0.15, -0.1) is 0 Å². The zero-order chi connectivity index (χ0) is 10.0. The Hall–Kier alpha value is -0.390. The molecule has 0 bridgehead atoms. The molecule has 0 spiro atoms. The Morgan fingerprint density at radius 1 is 1.38 bits per heavy atom. The molecular formula is C8H7Br2NO2. The van der Waals surface area contributed by atoms with Gasteiger partial charge in [0.2, 0.25) is 0 Å². The largest absolute Gasteiger partial charge is 0.378 e. The van der Waals surface area contributed by atoms with Gasteiger partial charge in [-0.05, 0) is 49.6 Å². The van der Waals surface area contributed by atoms with Crippen LogP contribution in [0.4, 0.5) is 0 Å². The fraction of sp³-hybridized carbons (Fsp3) is 0.125. The highest BCUT2D eigenvalue weighted by molar-refractivity contribution is 9.13. The minimum absolute atomic E-state index is 0.475. The lowest BCUT2D eigenvalue weighted by atomic mass is 10.1. The number of aliphatic hydroxyl groups excluding tert-OH is 1. The number of primary amides is 1. The fourth-order valence-electron chi connectivity index (χ4n) is 0.847. The van der Waals surface area contributed by atoms with E-state index in [-0.39, 0.29) is 0 Å². The zero-order valence-corrected chi connectivity index (χ0v) is 9.67. The number of hydrogen-bond donors (Lipinski definition) is 2. The van der Waals surface area contributed by atoms with Gasteiger partial charge in [0.05, 0.1) is 0 Å². The third-order valence-electron chi connectivity index (χ3n) is 1.53. The Labute approximate surface area is 92.2 Å². The molecule has 1 amide bonds. The summed E-state index contributed by atoms with van der Waals surface area (Å²) in [4.78, 5) is 10.6. The molecule has 0 fully saturated rings. The van der Waals surface area contributed by atoms with Crippen molar-refractivity contribution in [2.75, 3.05) is 0 Å². The highest BCUT2D eigenvalue weighted by Crippen LogP contribution is 2.26. The van der Waals surface area contributed by atoms with Crippen molar-refractivity contribution in [3.8, 4) is 0 Å². The molecule has 3 nitrogen and oxygen atoms in total. The predicted molar refractivity (Wildman–Crippen MR) is 56.0 cm³/mol. The molecule has 1 aromatic rings. The van der Waals surface area contributed by atoms with Gasteiger partial charge in [-0.2, -0.15) is 0 Å². The monoisotopic (exact) mass is 307 g/mol. The highest BCUT2D eigenvalue weighted by atomic mass is 79.9. The van der Waals surface area contributed by atoms with Crippen molar-refractivity contribution < 1.29 is 9.90 Å². The summed E-state index contributed by atoms with van der Waals surface area (Å²) in [5, 5.41) is 9.30. The first-order valence-corrected chi connectivity index (χ1v) is 5.03. The lowest BCUT2D eigenvalue weighted by Crippen LogP contribution is -2.20. The van der Waals surface area contributed by atoms with Gasteiger partial charge in [0.1, 0.15) is 0 Å². The number of halogens is 2. The van der Waals surface area contributed by atoms with Crippen LogP contribution >= 0.6 is 31.9 Å². The summed E-state index contributed by atoms with van der Waals surface area (Å²) in [7, 11) is 0. The Balaban J connectivity index is 3.03. The molecule has 1 aromatic carbocycles. The highest BCUT2D eigenvalue weighted by Gasteiger charge is 2.14. The Kier molecular flexibility index (Phi) is 3.47. The lowest BCUT2D eigenvalue weighted by molar-refractivity contribution is -0.126. The first-order valence-electron chi connectivity index (χ1n) is 3.44. The van der Waals surface area contributed by atoms with Crippen LogP contribution in [-0.4, -0.2) is 11.0 Å². The minimum atomic E-state index is -1.25. The molecule has 1 unspecified atom stereocenters. The van der Waals surface area contributed by atoms with E-state index in [1.165, 1.54) is 0 Å². The molecule has 5 heteroatoms. The maximum Gasteiger partial charge on any atom is 0.250 e. The van der Waals surface area contributed by atoms with Gasteiger partial charge in [0.15, 0.2) is 6.10 Å². The quantitative estimate of drug-likeness (QED) is 0.874. The summed E-state index contributed by atoms with van der Waals surface area (Å²) in [6.45, 7) is 0. The van der Waals surface area contributed by atoms with E-state index in [9.17, 15) is 9.90 Å². The zero-order valence-electron chi connectivity index (χ0n) is 6.50. The van der Waals surface area contributed by atoms with Gasteiger partial charge in [-0.1, -0.05) is 6.07 Å². The summed E-state index contributed by atoms with van der Waals surface area (Å²) < 4.78 is 1.62. The molecule has 0 aliphatic heterocycles. The number of aliphatic hydroxyl groups is 1. The number of carbonyl (C=O) groups is 1. The van der Waals surface area contributed by atoms with Gasteiger partial charge in [0, 0.05) is 8.95 Å². The van der Waals surface area contributed by atoms with Crippen LogP contribution in [0.3, 0.4) is 0 Å². The van der Waals surface area contributed by atoms with Gasteiger partial charge < -0.3 is 10.8 Å². The van der Waals surface area contributed by atoms with Crippen LogP contribution in [0.2, 0.25) is 0 Å². The van der Waals surface area contributed by atoms with Crippen molar-refractivity contribution in [3.63, 3.8) is 0 Å². The maximum absolute atomic E-state index is 10.6. The van der Waals surface area contributed by atoms with Crippen LogP contribution in [0.15, 0.2) is 27.1 Å². The minimum Gasteiger partial charge on any atom is -0.378 e. The number of amides is 1. The first-order chi connectivity index (χ1) is 6.02. The molecule has 0 aliphatic rings. The number of carbonyl (C=O) groups excluding carboxylic acids is 1. The number of nitrogens with two attached hydrogens (primary N) is 1. The Bertz CT molecular complexity index is 341. The molecule has 1 atom stereocenters. The van der Waals surface area contributed by atoms with Crippen molar-refractivity contribution in [2.24, 2.45) is 5.73 Å². The average molecular weight is 309 g/mol. The second kappa shape index (κ2) is 4.21. The molecule has 0 heterocycles. The summed E-state index contributed by atoms with van der Waals surface area (Å²) in [6.07, 6.45) is -1.25. The summed E-state index contributed by atoms with van der Waals surface area (Å²) >= 11 is 6.52. The van der Waals surface area contributed by atoms with Crippen molar-refractivity contribution in [1.82, 2.24) is 0 Å². The van der Waals surface area contributed by atoms with Gasteiger partial charge in [0.25, 0.3) is 5.91 Å². The summed E-state index contributed by atoms with van der Waals surface area (Å²) in [6, 6.07) is 5.00. The summed E-state index contributed by atoms with van der Waals surface area (Å²) in [5.41, 5.74) is 5.41. The van der Waals surface area contributed by atoms with E-state index in [4.69, 9.17) is 5.73 Å². The summed E-state index contributed by atoms with van der Waals surface area (Å²) in [5.74, 6) is -0.755. The number of rotatable bonds is 2. The van der Waals surface area contributed by atoms with Crippen LogP contribution in [-0.2, 0) is 4.79 Å². The standard InChI is InChI=1S/C8H7Br2NO2/c9-5-2-1-4(3-6(5)10)7(12)8(11)13/h1-3,7,12H,(H2,11,13). The van der Waals surface area contributed by atoms with E-state index in [1.807, 2.05) is 0 Å². The molecule has 0 aliphatic carbocycles. The molecule has 0 saturated carbocycles. The molecule has 13 heavy (non-hydrogen) atoms. The van der Waals surface area contributed by atoms with Gasteiger partial charge in [-0.3, -0.25) is 4.79 Å². The molecule has 70 valence electrons. The van der Waals surface area contributed by atoms with Crippen molar-refractivity contribution in [2.45, 2.75) is 6.10 Å². The molecule has 0 radical (unpaired) electrons. The first kappa shape index (κ1) is 10.7.